The number of carbonyl (C=O) groups is 1. The number of hydrogen-bond donors (Lipinski definition) is 1. The molecule has 20 heavy (non-hydrogen) atoms. The lowest BCUT2D eigenvalue weighted by molar-refractivity contribution is 0.0470. The Bertz CT molecular complexity index is 608. The smallest absolute Gasteiger partial charge is 0.338 e. The molecule has 0 aliphatic rings. The Hall–Kier alpha value is -2.01. The zero-order chi connectivity index (χ0) is 14.5. The monoisotopic (exact) mass is 336 g/mol. The van der Waals surface area contributed by atoms with Crippen LogP contribution in [-0.2, 0) is 11.3 Å². The normalized spacial score (nSPS) is 10.1. The topological polar surface area (TPSA) is 55.8 Å². The van der Waals surface area contributed by atoms with Crippen molar-refractivity contribution in [1.82, 2.24) is 0 Å². The van der Waals surface area contributed by atoms with Crippen molar-refractivity contribution >= 4 is 21.9 Å². The van der Waals surface area contributed by atoms with Crippen LogP contribution in [0.3, 0.4) is 0 Å². The molecule has 0 heterocycles. The minimum absolute atomic E-state index is 0.107. The summed E-state index contributed by atoms with van der Waals surface area (Å²) in [6.07, 6.45) is 0. The van der Waals surface area contributed by atoms with Crippen LogP contribution >= 0.6 is 15.9 Å². The Morgan fingerprint density at radius 2 is 1.90 bits per heavy atom. The van der Waals surface area contributed by atoms with Crippen molar-refractivity contribution in [2.75, 3.05) is 7.11 Å². The Balaban J connectivity index is 2.06. The lowest BCUT2D eigenvalue weighted by Crippen LogP contribution is -2.05. The van der Waals surface area contributed by atoms with E-state index in [1.807, 2.05) is 12.1 Å². The summed E-state index contributed by atoms with van der Waals surface area (Å²) in [6, 6.07) is 11.4. The molecule has 2 aromatic carbocycles. The fraction of sp³-hybridized carbons (Fsp3) is 0.133. The lowest BCUT2D eigenvalue weighted by atomic mass is 10.2. The molecule has 0 aliphatic carbocycles. The standard InChI is InChI=1S/C15H13BrO4/c1-19-14-7-4-12(16)8-11(14)9-20-15(18)10-2-5-13(17)6-3-10/h2-8,17H,9H2,1H3. The summed E-state index contributed by atoms with van der Waals surface area (Å²) in [5.74, 6) is 0.314. The molecule has 0 fully saturated rings. The van der Waals surface area contributed by atoms with Crippen LogP contribution in [0.1, 0.15) is 15.9 Å². The molecule has 2 aromatic rings. The van der Waals surface area contributed by atoms with Crippen LogP contribution in [0.5, 0.6) is 11.5 Å². The quantitative estimate of drug-likeness (QED) is 0.868. The van der Waals surface area contributed by atoms with Crippen LogP contribution < -0.4 is 4.74 Å². The van der Waals surface area contributed by atoms with Crippen molar-refractivity contribution in [3.8, 4) is 11.5 Å². The van der Waals surface area contributed by atoms with Crippen LogP contribution in [0, 0.1) is 0 Å². The minimum atomic E-state index is -0.452. The molecular formula is C15H13BrO4. The number of ether oxygens (including phenoxy) is 2. The highest BCUT2D eigenvalue weighted by molar-refractivity contribution is 9.10. The molecule has 1 N–H and O–H groups in total. The Morgan fingerprint density at radius 1 is 1.20 bits per heavy atom. The van der Waals surface area contributed by atoms with Gasteiger partial charge in [-0.05, 0) is 42.5 Å². The fourth-order valence-corrected chi connectivity index (χ4v) is 2.09. The van der Waals surface area contributed by atoms with Crippen molar-refractivity contribution in [3.63, 3.8) is 0 Å². The molecule has 104 valence electrons. The summed E-state index contributed by atoms with van der Waals surface area (Å²) in [5, 5.41) is 9.17. The molecule has 5 heteroatoms. The molecule has 4 nitrogen and oxygen atoms in total. The first-order valence-corrected chi connectivity index (χ1v) is 6.68. The molecule has 0 saturated heterocycles. The molecule has 0 amide bonds. The predicted octanol–water partition coefficient (Wildman–Crippen LogP) is 3.52. The van der Waals surface area contributed by atoms with Gasteiger partial charge in [-0.1, -0.05) is 15.9 Å². The fourth-order valence-electron chi connectivity index (χ4n) is 1.68. The minimum Gasteiger partial charge on any atom is -0.508 e. The van der Waals surface area contributed by atoms with Crippen molar-refractivity contribution in [2.45, 2.75) is 6.61 Å². The highest BCUT2D eigenvalue weighted by Crippen LogP contribution is 2.24. The molecule has 0 atom stereocenters. The molecular weight excluding hydrogens is 324 g/mol. The van der Waals surface area contributed by atoms with E-state index in [0.717, 1.165) is 10.0 Å². The van der Waals surface area contributed by atoms with E-state index in [9.17, 15) is 9.90 Å². The van der Waals surface area contributed by atoms with Gasteiger partial charge in [-0.3, -0.25) is 0 Å². The highest BCUT2D eigenvalue weighted by Gasteiger charge is 2.10. The summed E-state index contributed by atoms with van der Waals surface area (Å²) in [6.45, 7) is 0.113. The number of methoxy groups -OCH3 is 1. The molecule has 0 unspecified atom stereocenters. The second kappa shape index (κ2) is 6.43. The number of aromatic hydroxyl groups is 1. The van der Waals surface area contributed by atoms with E-state index in [-0.39, 0.29) is 12.4 Å². The number of phenolic OH excluding ortho intramolecular Hbond substituents is 1. The zero-order valence-electron chi connectivity index (χ0n) is 10.8. The van der Waals surface area contributed by atoms with E-state index in [2.05, 4.69) is 15.9 Å². The van der Waals surface area contributed by atoms with Gasteiger partial charge in [0, 0.05) is 10.0 Å². The van der Waals surface area contributed by atoms with E-state index in [0.29, 0.717) is 11.3 Å². The van der Waals surface area contributed by atoms with Crippen molar-refractivity contribution in [2.24, 2.45) is 0 Å². The first-order chi connectivity index (χ1) is 9.60. The van der Waals surface area contributed by atoms with Crippen LogP contribution in [0.2, 0.25) is 0 Å². The maximum atomic E-state index is 11.9. The third kappa shape index (κ3) is 3.51. The van der Waals surface area contributed by atoms with Crippen LogP contribution in [0.4, 0.5) is 0 Å². The van der Waals surface area contributed by atoms with E-state index in [1.165, 1.54) is 24.3 Å². The van der Waals surface area contributed by atoms with E-state index >= 15 is 0 Å². The van der Waals surface area contributed by atoms with Gasteiger partial charge < -0.3 is 14.6 Å². The van der Waals surface area contributed by atoms with Gasteiger partial charge in [-0.25, -0.2) is 4.79 Å². The van der Waals surface area contributed by atoms with Gasteiger partial charge in [0.1, 0.15) is 18.1 Å². The molecule has 2 rings (SSSR count). The van der Waals surface area contributed by atoms with Crippen LogP contribution in [0.15, 0.2) is 46.9 Å². The first-order valence-electron chi connectivity index (χ1n) is 5.88. The van der Waals surface area contributed by atoms with E-state index < -0.39 is 5.97 Å². The molecule has 0 bridgehead atoms. The second-order valence-electron chi connectivity index (χ2n) is 4.08. The van der Waals surface area contributed by atoms with Gasteiger partial charge in [-0.2, -0.15) is 0 Å². The number of esters is 1. The maximum absolute atomic E-state index is 11.9. The van der Waals surface area contributed by atoms with Gasteiger partial charge in [0.25, 0.3) is 0 Å². The number of carbonyl (C=O) groups excluding carboxylic acids is 1. The summed E-state index contributed by atoms with van der Waals surface area (Å²) in [5.41, 5.74) is 1.16. The second-order valence-corrected chi connectivity index (χ2v) is 4.99. The predicted molar refractivity (Wildman–Crippen MR) is 77.9 cm³/mol. The third-order valence-corrected chi connectivity index (χ3v) is 3.20. The van der Waals surface area contributed by atoms with Gasteiger partial charge in [-0.15, -0.1) is 0 Å². The lowest BCUT2D eigenvalue weighted by Gasteiger charge is -2.10. The number of halogens is 1. The van der Waals surface area contributed by atoms with E-state index in [1.54, 1.807) is 13.2 Å². The Kier molecular flexibility index (Phi) is 4.63. The van der Waals surface area contributed by atoms with Crippen LogP contribution in [0.25, 0.3) is 0 Å². The van der Waals surface area contributed by atoms with Gasteiger partial charge in [0.2, 0.25) is 0 Å². The average Bonchev–Trinajstić information content (AvgIpc) is 2.45. The zero-order valence-corrected chi connectivity index (χ0v) is 12.4. The van der Waals surface area contributed by atoms with Crippen molar-refractivity contribution in [3.05, 3.63) is 58.1 Å². The molecule has 0 aliphatic heterocycles. The molecule has 0 spiro atoms. The van der Waals surface area contributed by atoms with Crippen molar-refractivity contribution < 1.29 is 19.4 Å². The largest absolute Gasteiger partial charge is 0.508 e. The molecule has 0 radical (unpaired) electrons. The Labute approximate surface area is 125 Å². The van der Waals surface area contributed by atoms with Gasteiger partial charge in [0.15, 0.2) is 0 Å². The van der Waals surface area contributed by atoms with E-state index in [4.69, 9.17) is 9.47 Å². The number of phenols is 1. The SMILES string of the molecule is COc1ccc(Br)cc1COC(=O)c1ccc(O)cc1. The molecule has 0 aromatic heterocycles. The highest BCUT2D eigenvalue weighted by atomic mass is 79.9. The number of benzene rings is 2. The number of hydrogen-bond acceptors (Lipinski definition) is 4. The van der Waals surface area contributed by atoms with Crippen molar-refractivity contribution in [1.29, 1.82) is 0 Å². The van der Waals surface area contributed by atoms with Crippen LogP contribution in [-0.4, -0.2) is 18.2 Å². The number of rotatable bonds is 4. The summed E-state index contributed by atoms with van der Waals surface area (Å²) in [7, 11) is 1.56. The summed E-state index contributed by atoms with van der Waals surface area (Å²) in [4.78, 5) is 11.9. The molecule has 0 saturated carbocycles. The summed E-state index contributed by atoms with van der Waals surface area (Å²) >= 11 is 3.36. The third-order valence-electron chi connectivity index (χ3n) is 2.70. The van der Waals surface area contributed by atoms with Gasteiger partial charge in [0.05, 0.1) is 12.7 Å². The van der Waals surface area contributed by atoms with Gasteiger partial charge >= 0.3 is 5.97 Å². The summed E-state index contributed by atoms with van der Waals surface area (Å²) < 4.78 is 11.3. The Morgan fingerprint density at radius 3 is 2.55 bits per heavy atom. The average molecular weight is 337 g/mol. The first kappa shape index (κ1) is 14.4. The maximum Gasteiger partial charge on any atom is 0.338 e.